The highest BCUT2D eigenvalue weighted by Crippen LogP contribution is 2.66. The third-order valence-electron chi connectivity index (χ3n) is 3.72. The zero-order valence-corrected chi connectivity index (χ0v) is 18.1. The Morgan fingerprint density at radius 3 is 2.50 bits per heavy atom. The summed E-state index contributed by atoms with van der Waals surface area (Å²) in [5.41, 5.74) is 6.51. The summed E-state index contributed by atoms with van der Waals surface area (Å²) in [6.07, 6.45) is 1.87. The number of phosphoric ester groups is 1. The second-order valence-corrected chi connectivity index (χ2v) is 11.7. The Kier molecular flexibility index (Phi) is 6.76. The van der Waals surface area contributed by atoms with Gasteiger partial charge in [0.15, 0.2) is 11.5 Å². The maximum atomic E-state index is 11.8. The minimum atomic E-state index is -5.60. The van der Waals surface area contributed by atoms with Crippen molar-refractivity contribution in [3.8, 4) is 0 Å². The number of aromatic nitrogens is 4. The zero-order valence-electron chi connectivity index (χ0n) is 14.6. The number of thioether (sulfide) groups is 1. The highest BCUT2D eigenvalue weighted by Gasteiger charge is 2.42. The molecule has 1 aliphatic rings. The summed E-state index contributed by atoms with van der Waals surface area (Å²) < 4.78 is 47.2. The van der Waals surface area contributed by atoms with Crippen molar-refractivity contribution in [2.24, 2.45) is 0 Å². The molecule has 168 valence electrons. The molecule has 1 saturated heterocycles. The van der Waals surface area contributed by atoms with Crippen molar-refractivity contribution in [2.75, 3.05) is 12.3 Å². The first-order chi connectivity index (χ1) is 13.8. The van der Waals surface area contributed by atoms with E-state index in [1.54, 1.807) is 4.57 Å². The molecule has 20 heteroatoms. The minimum absolute atomic E-state index is 0.173. The number of nitrogen functional groups attached to an aromatic ring is 1. The van der Waals surface area contributed by atoms with Crippen molar-refractivity contribution in [3.63, 3.8) is 0 Å². The Morgan fingerprint density at radius 2 is 1.83 bits per heavy atom. The number of anilines is 1. The lowest BCUT2D eigenvalue weighted by Gasteiger charge is -2.18. The van der Waals surface area contributed by atoms with E-state index in [2.05, 4.69) is 28.1 Å². The first-order valence-electron chi connectivity index (χ1n) is 7.81. The molecule has 5 unspecified atom stereocenters. The van der Waals surface area contributed by atoms with E-state index >= 15 is 0 Å². The van der Waals surface area contributed by atoms with Gasteiger partial charge >= 0.3 is 23.5 Å². The van der Waals surface area contributed by atoms with Crippen molar-refractivity contribution in [2.45, 2.75) is 23.1 Å². The average molecular weight is 507 g/mol. The van der Waals surface area contributed by atoms with Crippen LogP contribution in [-0.4, -0.2) is 62.2 Å². The van der Waals surface area contributed by atoms with Gasteiger partial charge in [-0.25, -0.2) is 28.6 Å². The van der Waals surface area contributed by atoms with Crippen LogP contribution in [0.25, 0.3) is 11.2 Å². The van der Waals surface area contributed by atoms with Crippen molar-refractivity contribution in [3.05, 3.63) is 12.7 Å². The molecule has 1 aliphatic heterocycles. The van der Waals surface area contributed by atoms with Gasteiger partial charge < -0.3 is 35.0 Å². The number of rotatable bonds is 8. The van der Waals surface area contributed by atoms with E-state index in [-0.39, 0.29) is 12.2 Å². The standard InChI is InChI=1S/C10H16N5O11P3S/c11-9-8-10(13-3-12-9)15(4-14-8)7-1-5(16)6(30-7)2-24-28(20,21)26-29(22,23)25-27(17,18)19/h3-7,16H,1-2H2,(H,20,21)(H,22,23)(H2,11,12,13)(H2,17,18,19). The van der Waals surface area contributed by atoms with Crippen LogP contribution in [0.5, 0.6) is 0 Å². The zero-order chi connectivity index (χ0) is 22.3. The molecule has 3 rings (SSSR count). The van der Waals surface area contributed by atoms with Gasteiger partial charge in [-0.2, -0.15) is 8.62 Å². The third-order valence-corrected chi connectivity index (χ3v) is 9.06. The summed E-state index contributed by atoms with van der Waals surface area (Å²) in [5.74, 6) is 0.173. The number of nitrogens with two attached hydrogens (primary N) is 1. The fourth-order valence-electron chi connectivity index (χ4n) is 2.59. The minimum Gasteiger partial charge on any atom is -0.392 e. The van der Waals surface area contributed by atoms with Crippen LogP contribution < -0.4 is 5.73 Å². The summed E-state index contributed by atoms with van der Waals surface area (Å²) in [4.78, 5) is 47.7. The lowest BCUT2D eigenvalue weighted by Crippen LogP contribution is -2.22. The predicted molar refractivity (Wildman–Crippen MR) is 101 cm³/mol. The molecule has 1 fully saturated rings. The lowest BCUT2D eigenvalue weighted by atomic mass is 10.2. The van der Waals surface area contributed by atoms with Gasteiger partial charge in [-0.15, -0.1) is 11.8 Å². The van der Waals surface area contributed by atoms with E-state index in [9.17, 15) is 23.7 Å². The fourth-order valence-corrected chi connectivity index (χ4v) is 7.17. The Labute approximate surface area is 171 Å². The van der Waals surface area contributed by atoms with Gasteiger partial charge in [0.25, 0.3) is 0 Å². The van der Waals surface area contributed by atoms with Crippen molar-refractivity contribution >= 4 is 52.2 Å². The molecular weight excluding hydrogens is 491 g/mol. The molecule has 7 N–H and O–H groups in total. The van der Waals surface area contributed by atoms with Crippen molar-refractivity contribution in [1.82, 2.24) is 19.5 Å². The van der Waals surface area contributed by atoms with E-state index in [4.69, 9.17) is 20.4 Å². The molecule has 0 aliphatic carbocycles. The topological polar surface area (TPSA) is 250 Å². The quantitative estimate of drug-likeness (QED) is 0.259. The maximum Gasteiger partial charge on any atom is 0.490 e. The summed E-state index contributed by atoms with van der Waals surface area (Å²) in [6, 6.07) is 0. The summed E-state index contributed by atoms with van der Waals surface area (Å²) in [7, 11) is -16.4. The van der Waals surface area contributed by atoms with Crippen LogP contribution in [0.3, 0.4) is 0 Å². The molecule has 0 amide bonds. The Balaban J connectivity index is 1.64. The molecule has 0 saturated carbocycles. The number of hydrogen-bond donors (Lipinski definition) is 6. The summed E-state index contributed by atoms with van der Waals surface area (Å²) in [5, 5.41) is 9.07. The molecule has 0 bridgehead atoms. The van der Waals surface area contributed by atoms with E-state index in [0.717, 1.165) is 11.8 Å². The smallest absolute Gasteiger partial charge is 0.392 e. The molecule has 0 spiro atoms. The first kappa shape index (κ1) is 23.7. The molecule has 16 nitrogen and oxygen atoms in total. The van der Waals surface area contributed by atoms with Crippen LogP contribution in [-0.2, 0) is 26.8 Å². The maximum absolute atomic E-state index is 11.8. The van der Waals surface area contributed by atoms with Crippen LogP contribution in [0.4, 0.5) is 5.82 Å². The van der Waals surface area contributed by atoms with Gasteiger partial charge in [-0.1, -0.05) is 0 Å². The van der Waals surface area contributed by atoms with Gasteiger partial charge in [-0.05, 0) is 0 Å². The van der Waals surface area contributed by atoms with Crippen LogP contribution in [0.1, 0.15) is 11.8 Å². The van der Waals surface area contributed by atoms with E-state index in [1.165, 1.54) is 12.7 Å². The summed E-state index contributed by atoms with van der Waals surface area (Å²) >= 11 is 1.14. The largest absolute Gasteiger partial charge is 0.490 e. The second-order valence-electron chi connectivity index (χ2n) is 5.90. The Bertz CT molecular complexity index is 1080. The molecule has 2 aromatic rings. The normalized spacial score (nSPS) is 26.5. The number of aliphatic hydroxyl groups is 1. The third kappa shape index (κ3) is 5.85. The molecule has 2 aromatic heterocycles. The number of aliphatic hydroxyl groups excluding tert-OH is 1. The van der Waals surface area contributed by atoms with Crippen LogP contribution >= 0.6 is 35.2 Å². The first-order valence-corrected chi connectivity index (χ1v) is 13.3. The monoisotopic (exact) mass is 507 g/mol. The number of fused-ring (bicyclic) bond motifs is 1. The van der Waals surface area contributed by atoms with Gasteiger partial charge in [0.05, 0.1) is 29.7 Å². The molecular formula is C10H16N5O11P3S. The predicted octanol–water partition coefficient (Wildman–Crippen LogP) is 0.117. The highest BCUT2D eigenvalue weighted by molar-refractivity contribution is 8.00. The van der Waals surface area contributed by atoms with Crippen LogP contribution in [0.2, 0.25) is 0 Å². The van der Waals surface area contributed by atoms with Gasteiger partial charge in [-0.3, -0.25) is 4.52 Å². The summed E-state index contributed by atoms with van der Waals surface area (Å²) in [6.45, 7) is -0.601. The van der Waals surface area contributed by atoms with E-state index in [0.29, 0.717) is 11.2 Å². The van der Waals surface area contributed by atoms with E-state index in [1.807, 2.05) is 0 Å². The Hall–Kier alpha value is -0.930. The SMILES string of the molecule is Nc1ncnc2c1ncn2C1CC(O)C(COP(=O)(O)OP(=O)(O)OP(=O)(O)O)S1. The fraction of sp³-hybridized carbons (Fsp3) is 0.500. The molecule has 30 heavy (non-hydrogen) atoms. The van der Waals surface area contributed by atoms with Crippen LogP contribution in [0, 0.1) is 0 Å². The molecule has 5 atom stereocenters. The number of nitrogens with zero attached hydrogens (tertiary/aromatic N) is 4. The number of hydrogen-bond acceptors (Lipinski definition) is 12. The average Bonchev–Trinajstić information content (AvgIpc) is 3.14. The van der Waals surface area contributed by atoms with Crippen molar-refractivity contribution in [1.29, 1.82) is 0 Å². The second kappa shape index (κ2) is 8.54. The van der Waals surface area contributed by atoms with Gasteiger partial charge in [0, 0.05) is 6.42 Å². The molecule has 3 heterocycles. The lowest BCUT2D eigenvalue weighted by molar-refractivity contribution is 0.126. The van der Waals surface area contributed by atoms with Gasteiger partial charge in [0.2, 0.25) is 0 Å². The van der Waals surface area contributed by atoms with Gasteiger partial charge in [0.1, 0.15) is 11.8 Å². The highest BCUT2D eigenvalue weighted by atomic mass is 32.2. The number of imidazole rings is 1. The molecule has 0 aromatic carbocycles. The van der Waals surface area contributed by atoms with Crippen LogP contribution in [0.15, 0.2) is 12.7 Å². The number of phosphoric acid groups is 3. The van der Waals surface area contributed by atoms with E-state index < -0.39 is 46.8 Å². The Morgan fingerprint density at radius 1 is 1.13 bits per heavy atom. The van der Waals surface area contributed by atoms with Crippen molar-refractivity contribution < 1.29 is 51.5 Å². The molecule has 0 radical (unpaired) electrons.